The van der Waals surface area contributed by atoms with Crippen LogP contribution >= 0.6 is 0 Å². The van der Waals surface area contributed by atoms with Crippen molar-refractivity contribution < 1.29 is 4.74 Å². The molecule has 3 nitrogen and oxygen atoms in total. The molecule has 1 heterocycles. The topological polar surface area (TPSA) is 38.5 Å². The number of anilines is 1. The molecule has 1 saturated heterocycles. The van der Waals surface area contributed by atoms with Crippen LogP contribution in [0.1, 0.15) is 0 Å². The average Bonchev–Trinajstić information content (AvgIpc) is 2.30. The van der Waals surface area contributed by atoms with Crippen LogP contribution < -0.4 is 10.6 Å². The number of ether oxygens (including phenoxy) is 1. The van der Waals surface area contributed by atoms with Gasteiger partial charge in [0.25, 0.3) is 0 Å². The molecule has 1 unspecified atom stereocenters. The van der Waals surface area contributed by atoms with Crippen LogP contribution in [0.3, 0.4) is 0 Å². The number of hydrogen-bond donors (Lipinski definition) is 1. The highest BCUT2D eigenvalue weighted by Gasteiger charge is 2.18. The number of hydrogen-bond acceptors (Lipinski definition) is 3. The summed E-state index contributed by atoms with van der Waals surface area (Å²) >= 11 is 0. The summed E-state index contributed by atoms with van der Waals surface area (Å²) in [5.74, 6) is 0. The van der Waals surface area contributed by atoms with Crippen LogP contribution in [0.25, 0.3) is 0 Å². The van der Waals surface area contributed by atoms with E-state index < -0.39 is 0 Å². The molecule has 0 aromatic heterocycles. The van der Waals surface area contributed by atoms with Crippen molar-refractivity contribution in [3.05, 3.63) is 30.3 Å². The summed E-state index contributed by atoms with van der Waals surface area (Å²) in [5, 5.41) is 0. The molecule has 0 saturated carbocycles. The van der Waals surface area contributed by atoms with E-state index in [1.54, 1.807) is 0 Å². The van der Waals surface area contributed by atoms with Crippen molar-refractivity contribution in [3.8, 4) is 0 Å². The van der Waals surface area contributed by atoms with Gasteiger partial charge in [0.2, 0.25) is 0 Å². The summed E-state index contributed by atoms with van der Waals surface area (Å²) in [6.45, 7) is 3.24. The molecule has 1 fully saturated rings. The van der Waals surface area contributed by atoms with Crippen molar-refractivity contribution >= 4 is 5.69 Å². The van der Waals surface area contributed by atoms with Gasteiger partial charge in [-0.25, -0.2) is 0 Å². The lowest BCUT2D eigenvalue weighted by Gasteiger charge is -2.33. The first kappa shape index (κ1) is 9.49. The zero-order valence-electron chi connectivity index (χ0n) is 8.23. The van der Waals surface area contributed by atoms with E-state index in [1.807, 2.05) is 6.07 Å². The van der Waals surface area contributed by atoms with Crippen LogP contribution in [0.5, 0.6) is 0 Å². The summed E-state index contributed by atoms with van der Waals surface area (Å²) in [6.07, 6.45) is 0.184. The molecule has 0 amide bonds. The molecule has 2 rings (SSSR count). The maximum Gasteiger partial charge on any atom is 0.0872 e. The van der Waals surface area contributed by atoms with Gasteiger partial charge >= 0.3 is 0 Å². The van der Waals surface area contributed by atoms with Gasteiger partial charge in [0.05, 0.1) is 12.7 Å². The lowest BCUT2D eigenvalue weighted by atomic mass is 10.2. The largest absolute Gasteiger partial charge is 0.373 e. The van der Waals surface area contributed by atoms with E-state index in [-0.39, 0.29) is 6.10 Å². The van der Waals surface area contributed by atoms with Gasteiger partial charge in [-0.05, 0) is 12.1 Å². The molecule has 3 heteroatoms. The standard InChI is InChI=1S/C11H16N2O/c12-8-11-9-13(6-7-14-11)10-4-2-1-3-5-10/h1-5,11H,6-9,12H2. The maximum atomic E-state index is 5.59. The summed E-state index contributed by atoms with van der Waals surface area (Å²) in [5.41, 5.74) is 6.85. The molecule has 1 aromatic rings. The molecule has 14 heavy (non-hydrogen) atoms. The van der Waals surface area contributed by atoms with Crippen LogP contribution in [0.15, 0.2) is 30.3 Å². The van der Waals surface area contributed by atoms with Crippen molar-refractivity contribution in [3.63, 3.8) is 0 Å². The predicted octanol–water partition coefficient (Wildman–Crippen LogP) is 0.850. The number of nitrogens with zero attached hydrogens (tertiary/aromatic N) is 1. The van der Waals surface area contributed by atoms with Crippen molar-refractivity contribution in [1.29, 1.82) is 0 Å². The van der Waals surface area contributed by atoms with Crippen LogP contribution in [0, 0.1) is 0 Å². The fourth-order valence-corrected chi connectivity index (χ4v) is 1.74. The highest BCUT2D eigenvalue weighted by atomic mass is 16.5. The van der Waals surface area contributed by atoms with Crippen LogP contribution in [-0.2, 0) is 4.74 Å². The maximum absolute atomic E-state index is 5.59. The Morgan fingerprint density at radius 3 is 2.86 bits per heavy atom. The zero-order valence-corrected chi connectivity index (χ0v) is 8.23. The van der Waals surface area contributed by atoms with E-state index in [1.165, 1.54) is 5.69 Å². The molecular formula is C11H16N2O. The molecular weight excluding hydrogens is 176 g/mol. The molecule has 0 radical (unpaired) electrons. The normalized spacial score (nSPS) is 22.4. The fourth-order valence-electron chi connectivity index (χ4n) is 1.74. The molecule has 1 aliphatic rings. The molecule has 0 spiro atoms. The molecule has 1 aromatic carbocycles. The van der Waals surface area contributed by atoms with E-state index in [0.29, 0.717) is 6.54 Å². The first-order valence-electron chi connectivity index (χ1n) is 5.02. The van der Waals surface area contributed by atoms with Gasteiger partial charge in [-0.2, -0.15) is 0 Å². The van der Waals surface area contributed by atoms with Gasteiger partial charge in [0, 0.05) is 25.3 Å². The van der Waals surface area contributed by atoms with E-state index in [9.17, 15) is 0 Å². The lowest BCUT2D eigenvalue weighted by molar-refractivity contribution is 0.0466. The molecule has 0 bridgehead atoms. The predicted molar refractivity (Wildman–Crippen MR) is 57.4 cm³/mol. The number of nitrogens with two attached hydrogens (primary N) is 1. The quantitative estimate of drug-likeness (QED) is 0.755. The van der Waals surface area contributed by atoms with Crippen molar-refractivity contribution in [2.75, 3.05) is 31.1 Å². The van der Waals surface area contributed by atoms with Crippen molar-refractivity contribution in [2.24, 2.45) is 5.73 Å². The van der Waals surface area contributed by atoms with Gasteiger partial charge in [-0.1, -0.05) is 18.2 Å². The fraction of sp³-hybridized carbons (Fsp3) is 0.455. The highest BCUT2D eigenvalue weighted by molar-refractivity contribution is 5.46. The first-order valence-corrected chi connectivity index (χ1v) is 5.02. The number of benzene rings is 1. The highest BCUT2D eigenvalue weighted by Crippen LogP contribution is 2.16. The Kier molecular flexibility index (Phi) is 3.01. The van der Waals surface area contributed by atoms with E-state index in [0.717, 1.165) is 19.7 Å². The Hall–Kier alpha value is -1.06. The third-order valence-electron chi connectivity index (χ3n) is 2.52. The molecule has 0 aliphatic carbocycles. The Morgan fingerprint density at radius 1 is 1.36 bits per heavy atom. The third-order valence-corrected chi connectivity index (χ3v) is 2.52. The number of rotatable bonds is 2. The molecule has 2 N–H and O–H groups in total. The van der Waals surface area contributed by atoms with Crippen LogP contribution in [0.4, 0.5) is 5.69 Å². The second-order valence-corrected chi connectivity index (χ2v) is 3.51. The van der Waals surface area contributed by atoms with Gasteiger partial charge in [0.15, 0.2) is 0 Å². The summed E-state index contributed by atoms with van der Waals surface area (Å²) < 4.78 is 5.51. The molecule has 1 aliphatic heterocycles. The second-order valence-electron chi connectivity index (χ2n) is 3.51. The van der Waals surface area contributed by atoms with Gasteiger partial charge in [-0.3, -0.25) is 0 Å². The summed E-state index contributed by atoms with van der Waals surface area (Å²) in [7, 11) is 0. The smallest absolute Gasteiger partial charge is 0.0872 e. The van der Waals surface area contributed by atoms with Crippen LogP contribution in [0.2, 0.25) is 0 Å². The minimum atomic E-state index is 0.184. The summed E-state index contributed by atoms with van der Waals surface area (Å²) in [4.78, 5) is 2.32. The summed E-state index contributed by atoms with van der Waals surface area (Å²) in [6, 6.07) is 10.4. The van der Waals surface area contributed by atoms with E-state index in [2.05, 4.69) is 29.2 Å². The van der Waals surface area contributed by atoms with Gasteiger partial charge in [-0.15, -0.1) is 0 Å². The van der Waals surface area contributed by atoms with Crippen molar-refractivity contribution in [2.45, 2.75) is 6.10 Å². The first-order chi connectivity index (χ1) is 6.90. The SMILES string of the molecule is NCC1CN(c2ccccc2)CCO1. The Labute approximate surface area is 84.5 Å². The average molecular weight is 192 g/mol. The van der Waals surface area contributed by atoms with Crippen molar-refractivity contribution in [1.82, 2.24) is 0 Å². The monoisotopic (exact) mass is 192 g/mol. The lowest BCUT2D eigenvalue weighted by Crippen LogP contribution is -2.45. The van der Waals surface area contributed by atoms with Gasteiger partial charge < -0.3 is 15.4 Å². The second kappa shape index (κ2) is 4.44. The van der Waals surface area contributed by atoms with E-state index in [4.69, 9.17) is 10.5 Å². The Morgan fingerprint density at radius 2 is 2.14 bits per heavy atom. The minimum absolute atomic E-state index is 0.184. The Bertz CT molecular complexity index is 276. The molecule has 76 valence electrons. The zero-order chi connectivity index (χ0) is 9.80. The third kappa shape index (κ3) is 2.05. The number of para-hydroxylation sites is 1. The van der Waals surface area contributed by atoms with Crippen LogP contribution in [-0.4, -0.2) is 32.3 Å². The number of morpholine rings is 1. The molecule has 1 atom stereocenters. The van der Waals surface area contributed by atoms with Gasteiger partial charge in [0.1, 0.15) is 0 Å². The van der Waals surface area contributed by atoms with E-state index >= 15 is 0 Å². The Balaban J connectivity index is 2.04. The minimum Gasteiger partial charge on any atom is -0.373 e.